The fraction of sp³-hybridized carbons (Fsp3) is 0.724. The number of aliphatic hydroxyl groups excluding tert-OH is 1. The van der Waals surface area contributed by atoms with Gasteiger partial charge in [0.25, 0.3) is 0 Å². The van der Waals surface area contributed by atoms with E-state index in [0.29, 0.717) is 29.7 Å². The van der Waals surface area contributed by atoms with E-state index in [2.05, 4.69) is 0 Å². The third-order valence-corrected chi connectivity index (χ3v) is 8.91. The van der Waals surface area contributed by atoms with Crippen molar-refractivity contribution in [1.82, 2.24) is 0 Å². The Hall–Kier alpha value is -2.32. The minimum absolute atomic E-state index is 0.172. The second-order valence-electron chi connectivity index (χ2n) is 11.0. The Bertz CT molecular complexity index is 1090. The molecule has 1 fully saturated rings. The molecule has 9 atom stereocenters. The summed E-state index contributed by atoms with van der Waals surface area (Å²) in [5.41, 5.74) is -0.605. The van der Waals surface area contributed by atoms with Crippen molar-refractivity contribution in [3.63, 3.8) is 0 Å². The Kier molecular flexibility index (Phi) is 9.69. The van der Waals surface area contributed by atoms with Crippen LogP contribution in [0.2, 0.25) is 0 Å². The first-order chi connectivity index (χ1) is 17.1. The predicted octanol–water partition coefficient (Wildman–Crippen LogP) is 3.67. The molecule has 1 aromatic heterocycles. The molecule has 0 aromatic carbocycles. The van der Waals surface area contributed by atoms with Crippen LogP contribution in [0.3, 0.4) is 0 Å². The quantitative estimate of drug-likeness (QED) is 0.472. The Labute approximate surface area is 219 Å². The highest BCUT2D eigenvalue weighted by atomic mass is 16.5. The van der Waals surface area contributed by atoms with Crippen molar-refractivity contribution >= 4 is 17.5 Å². The minimum Gasteiger partial charge on any atom is -0.465 e. The molecule has 8 nitrogen and oxygen atoms in total. The minimum atomic E-state index is -1.36. The van der Waals surface area contributed by atoms with Gasteiger partial charge in [-0.15, -0.1) is 0 Å². The van der Waals surface area contributed by atoms with Crippen LogP contribution in [0.5, 0.6) is 0 Å². The summed E-state index contributed by atoms with van der Waals surface area (Å²) in [6, 6.07) is 0. The molecule has 208 valence electrons. The van der Waals surface area contributed by atoms with E-state index in [1.807, 2.05) is 6.92 Å². The zero-order chi connectivity index (χ0) is 28.6. The van der Waals surface area contributed by atoms with Crippen LogP contribution < -0.4 is 5.43 Å². The lowest BCUT2D eigenvalue weighted by atomic mass is 9.63. The average Bonchev–Trinajstić information content (AvgIpc) is 2.89. The van der Waals surface area contributed by atoms with Crippen molar-refractivity contribution in [3.8, 4) is 0 Å². The van der Waals surface area contributed by atoms with E-state index in [1.54, 1.807) is 48.5 Å². The topological polar surface area (TPSA) is 131 Å². The number of hydrogen-bond donors (Lipinski definition) is 2. The predicted molar refractivity (Wildman–Crippen MR) is 139 cm³/mol. The normalized spacial score (nSPS) is 29.4. The maximum atomic E-state index is 13.3. The van der Waals surface area contributed by atoms with Gasteiger partial charge in [0.2, 0.25) is 0 Å². The first-order valence-electron chi connectivity index (χ1n) is 13.4. The van der Waals surface area contributed by atoms with Crippen LogP contribution in [0.1, 0.15) is 90.4 Å². The Balaban J connectivity index is 2.22. The van der Waals surface area contributed by atoms with Crippen molar-refractivity contribution < 1.29 is 33.8 Å². The number of ketones is 2. The fourth-order valence-electron chi connectivity index (χ4n) is 5.81. The van der Waals surface area contributed by atoms with Gasteiger partial charge >= 0.3 is 5.97 Å². The molecule has 0 amide bonds. The monoisotopic (exact) mass is 520 g/mol. The van der Waals surface area contributed by atoms with E-state index in [9.17, 15) is 29.4 Å². The summed E-state index contributed by atoms with van der Waals surface area (Å²) in [5.74, 6) is -5.00. The highest BCUT2D eigenvalue weighted by molar-refractivity contribution is 5.88. The standard InChI is InChI=1S/C29H44O8/c1-11-21-13(3)22(30)15(5)26(36-21)16(6)23(31)14(4)24(32)18(8)28(34)37-27-17(7)25(33)19(9)29(35,12-2)20(27)10/h14,16-20,24,27,32,35H,11-12H2,1-10H3. The molecule has 0 bridgehead atoms. The molecule has 8 heteroatoms. The van der Waals surface area contributed by atoms with Gasteiger partial charge in [0.15, 0.2) is 5.43 Å². The van der Waals surface area contributed by atoms with Crippen LogP contribution in [0, 0.1) is 43.4 Å². The first-order valence-corrected chi connectivity index (χ1v) is 13.4. The van der Waals surface area contributed by atoms with Crippen LogP contribution in [0.25, 0.3) is 0 Å². The second kappa shape index (κ2) is 11.6. The van der Waals surface area contributed by atoms with Gasteiger partial charge in [-0.25, -0.2) is 0 Å². The Morgan fingerprint density at radius 2 is 1.59 bits per heavy atom. The van der Waals surface area contributed by atoms with Gasteiger partial charge in [-0.3, -0.25) is 19.2 Å². The number of hydrogen-bond acceptors (Lipinski definition) is 8. The van der Waals surface area contributed by atoms with Crippen LogP contribution >= 0.6 is 0 Å². The number of carbonyl (C=O) groups is 3. The molecule has 2 rings (SSSR count). The van der Waals surface area contributed by atoms with Crippen LogP contribution in [-0.4, -0.2) is 45.6 Å². The highest BCUT2D eigenvalue weighted by Crippen LogP contribution is 2.43. The molecule has 1 aliphatic rings. The van der Waals surface area contributed by atoms with E-state index in [1.165, 1.54) is 13.8 Å². The van der Waals surface area contributed by atoms with E-state index in [4.69, 9.17) is 9.15 Å². The third-order valence-electron chi connectivity index (χ3n) is 8.91. The maximum Gasteiger partial charge on any atom is 0.311 e. The molecule has 37 heavy (non-hydrogen) atoms. The number of esters is 1. The Morgan fingerprint density at radius 3 is 2.11 bits per heavy atom. The molecule has 0 saturated heterocycles. The van der Waals surface area contributed by atoms with E-state index in [-0.39, 0.29) is 22.8 Å². The van der Waals surface area contributed by atoms with E-state index in [0.717, 1.165) is 0 Å². The molecule has 1 aromatic rings. The van der Waals surface area contributed by atoms with Crippen molar-refractivity contribution in [2.75, 3.05) is 0 Å². The fourth-order valence-corrected chi connectivity index (χ4v) is 5.81. The summed E-state index contributed by atoms with van der Waals surface area (Å²) >= 11 is 0. The van der Waals surface area contributed by atoms with Gasteiger partial charge < -0.3 is 19.4 Å². The lowest BCUT2D eigenvalue weighted by molar-refractivity contribution is -0.190. The largest absolute Gasteiger partial charge is 0.465 e. The number of Topliss-reactive ketones (excluding diaryl/α,β-unsaturated/α-hetero) is 2. The van der Waals surface area contributed by atoms with Gasteiger partial charge in [-0.05, 0) is 34.1 Å². The number of ether oxygens (including phenoxy) is 1. The summed E-state index contributed by atoms with van der Waals surface area (Å²) in [5, 5.41) is 22.1. The first kappa shape index (κ1) is 30.9. The number of aryl methyl sites for hydroxylation is 1. The van der Waals surface area contributed by atoms with Crippen LogP contribution in [0.4, 0.5) is 0 Å². The van der Waals surface area contributed by atoms with Gasteiger partial charge in [-0.1, -0.05) is 41.5 Å². The number of rotatable bonds is 9. The second-order valence-corrected chi connectivity index (χ2v) is 11.0. The van der Waals surface area contributed by atoms with E-state index < -0.39 is 59.3 Å². The zero-order valence-electron chi connectivity index (χ0n) is 23.9. The lowest BCUT2D eigenvalue weighted by Gasteiger charge is -2.48. The number of aliphatic hydroxyl groups is 2. The summed E-state index contributed by atoms with van der Waals surface area (Å²) in [4.78, 5) is 51.8. The van der Waals surface area contributed by atoms with Gasteiger partial charge in [0.1, 0.15) is 29.2 Å². The van der Waals surface area contributed by atoms with Gasteiger partial charge in [0, 0.05) is 35.3 Å². The molecule has 1 aliphatic carbocycles. The smallest absolute Gasteiger partial charge is 0.311 e. The van der Waals surface area contributed by atoms with E-state index >= 15 is 0 Å². The highest BCUT2D eigenvalue weighted by Gasteiger charge is 2.54. The molecule has 1 saturated carbocycles. The van der Waals surface area contributed by atoms with Crippen molar-refractivity contribution in [3.05, 3.63) is 32.9 Å². The van der Waals surface area contributed by atoms with Crippen molar-refractivity contribution in [2.45, 2.75) is 106 Å². The van der Waals surface area contributed by atoms with Crippen molar-refractivity contribution in [2.24, 2.45) is 29.6 Å². The van der Waals surface area contributed by atoms with Crippen molar-refractivity contribution in [1.29, 1.82) is 0 Å². The van der Waals surface area contributed by atoms with Crippen LogP contribution in [0.15, 0.2) is 9.21 Å². The molecule has 9 unspecified atom stereocenters. The lowest BCUT2D eigenvalue weighted by Crippen LogP contribution is -2.60. The Morgan fingerprint density at radius 1 is 1.03 bits per heavy atom. The molecular weight excluding hydrogens is 476 g/mol. The summed E-state index contributed by atoms with van der Waals surface area (Å²) in [6.07, 6.45) is -1.38. The average molecular weight is 521 g/mol. The molecule has 0 radical (unpaired) electrons. The summed E-state index contributed by atoms with van der Waals surface area (Å²) < 4.78 is 11.6. The molecule has 1 heterocycles. The molecule has 0 spiro atoms. The van der Waals surface area contributed by atoms with Crippen LogP contribution in [-0.2, 0) is 25.5 Å². The SMILES string of the molecule is CCc1oc(C(C)C(=O)C(C)C(O)C(C)C(=O)OC2C(C)C(=O)C(C)C(O)(CC)C2C)c(C)c(=O)c1C. The third kappa shape index (κ3) is 5.46. The summed E-state index contributed by atoms with van der Waals surface area (Å²) in [6.45, 7) is 16.7. The molecule has 2 N–H and O–H groups in total. The molecular formula is C29H44O8. The summed E-state index contributed by atoms with van der Waals surface area (Å²) in [7, 11) is 0. The number of carbonyl (C=O) groups excluding carboxylic acids is 3. The van der Waals surface area contributed by atoms with Gasteiger partial charge in [-0.2, -0.15) is 0 Å². The maximum absolute atomic E-state index is 13.3. The van der Waals surface area contributed by atoms with Gasteiger partial charge in [0.05, 0.1) is 29.5 Å². The molecule has 0 aliphatic heterocycles. The zero-order valence-corrected chi connectivity index (χ0v) is 23.9.